The second-order valence-electron chi connectivity index (χ2n) is 6.63. The second-order valence-corrected chi connectivity index (χ2v) is 6.63. The molecule has 0 amide bonds. The number of fused-ring (bicyclic) bond motifs is 2. The molecule has 0 N–H and O–H groups in total. The Labute approximate surface area is 124 Å². The van der Waals surface area contributed by atoms with Gasteiger partial charge in [-0.3, -0.25) is 9.59 Å². The van der Waals surface area contributed by atoms with E-state index in [-0.39, 0.29) is 11.3 Å². The Morgan fingerprint density at radius 2 is 1.10 bits per heavy atom. The van der Waals surface area contributed by atoms with Gasteiger partial charge in [-0.25, -0.2) is 0 Å². The molecule has 0 aromatic heterocycles. The van der Waals surface area contributed by atoms with Gasteiger partial charge in [0.2, 0.25) is 11.6 Å². The molecule has 0 saturated carbocycles. The Morgan fingerprint density at radius 1 is 0.714 bits per heavy atom. The lowest BCUT2D eigenvalue weighted by Crippen LogP contribution is -2.21. The lowest BCUT2D eigenvalue weighted by atomic mass is 9.71. The van der Waals surface area contributed by atoms with Crippen molar-refractivity contribution in [1.29, 1.82) is 0 Å². The Balaban J connectivity index is 2.40. The van der Waals surface area contributed by atoms with Gasteiger partial charge in [-0.1, -0.05) is 69.3 Å². The number of Topliss-reactive ketones (excluding diaryl/α,β-unsaturated/α-hetero) is 2. The number of ketones is 2. The standard InChI is InChI=1S/C19H18O2/c1-19(2,3)16-12-8-4-6-10-14(12)17(20)18(21)15-11-7-5-9-13(15)16/h4-11,16H,1-3H3. The van der Waals surface area contributed by atoms with Crippen LogP contribution in [0.4, 0.5) is 0 Å². The van der Waals surface area contributed by atoms with Crippen LogP contribution in [0.3, 0.4) is 0 Å². The summed E-state index contributed by atoms with van der Waals surface area (Å²) < 4.78 is 0. The summed E-state index contributed by atoms with van der Waals surface area (Å²) in [4.78, 5) is 25.0. The van der Waals surface area contributed by atoms with Gasteiger partial charge < -0.3 is 0 Å². The normalized spacial score (nSPS) is 15.4. The van der Waals surface area contributed by atoms with Crippen LogP contribution in [0, 0.1) is 5.41 Å². The summed E-state index contributed by atoms with van der Waals surface area (Å²) >= 11 is 0. The van der Waals surface area contributed by atoms with Crippen LogP contribution in [0.5, 0.6) is 0 Å². The zero-order chi connectivity index (χ0) is 15.2. The van der Waals surface area contributed by atoms with Crippen molar-refractivity contribution < 1.29 is 9.59 Å². The molecule has 0 spiro atoms. The van der Waals surface area contributed by atoms with Crippen molar-refractivity contribution in [2.75, 3.05) is 0 Å². The molecule has 0 bridgehead atoms. The van der Waals surface area contributed by atoms with E-state index in [2.05, 4.69) is 20.8 Å². The van der Waals surface area contributed by atoms with Crippen molar-refractivity contribution in [1.82, 2.24) is 0 Å². The van der Waals surface area contributed by atoms with E-state index in [0.29, 0.717) is 11.1 Å². The number of carbonyl (C=O) groups excluding carboxylic acids is 2. The van der Waals surface area contributed by atoms with E-state index in [1.165, 1.54) is 0 Å². The first kappa shape index (κ1) is 13.7. The van der Waals surface area contributed by atoms with Crippen molar-refractivity contribution in [2.45, 2.75) is 26.7 Å². The molecule has 0 unspecified atom stereocenters. The molecule has 21 heavy (non-hydrogen) atoms. The topological polar surface area (TPSA) is 34.1 Å². The van der Waals surface area contributed by atoms with Crippen LogP contribution in [0.15, 0.2) is 48.5 Å². The molecule has 2 heteroatoms. The highest BCUT2D eigenvalue weighted by Crippen LogP contribution is 2.44. The quantitative estimate of drug-likeness (QED) is 0.675. The van der Waals surface area contributed by atoms with Crippen LogP contribution in [0.2, 0.25) is 0 Å². The smallest absolute Gasteiger partial charge is 0.233 e. The highest BCUT2D eigenvalue weighted by molar-refractivity contribution is 6.50. The Kier molecular flexibility index (Phi) is 3.05. The van der Waals surface area contributed by atoms with Gasteiger partial charge >= 0.3 is 0 Å². The molecular weight excluding hydrogens is 260 g/mol. The maximum atomic E-state index is 12.5. The summed E-state index contributed by atoms with van der Waals surface area (Å²) in [7, 11) is 0. The summed E-state index contributed by atoms with van der Waals surface area (Å²) in [5.74, 6) is -0.769. The molecule has 2 aromatic carbocycles. The molecule has 0 radical (unpaired) electrons. The van der Waals surface area contributed by atoms with Crippen LogP contribution in [-0.4, -0.2) is 11.6 Å². The minimum Gasteiger partial charge on any atom is -0.285 e. The molecule has 0 heterocycles. The second kappa shape index (κ2) is 4.66. The summed E-state index contributed by atoms with van der Waals surface area (Å²) in [6.45, 7) is 6.43. The molecule has 106 valence electrons. The molecule has 0 saturated heterocycles. The lowest BCUT2D eigenvalue weighted by molar-refractivity contribution is 0.0817. The molecule has 0 aliphatic heterocycles. The van der Waals surface area contributed by atoms with Crippen molar-refractivity contribution in [3.05, 3.63) is 70.8 Å². The van der Waals surface area contributed by atoms with E-state index < -0.39 is 11.6 Å². The fraction of sp³-hybridized carbons (Fsp3) is 0.263. The largest absolute Gasteiger partial charge is 0.285 e. The van der Waals surface area contributed by atoms with Crippen LogP contribution in [0.1, 0.15) is 58.5 Å². The number of carbonyl (C=O) groups is 2. The third-order valence-corrected chi connectivity index (χ3v) is 4.11. The number of hydrogen-bond acceptors (Lipinski definition) is 2. The minimum atomic E-state index is -0.398. The Hall–Kier alpha value is -2.22. The van der Waals surface area contributed by atoms with Gasteiger partial charge in [0.05, 0.1) is 0 Å². The Bertz CT molecular complexity index is 678. The highest BCUT2D eigenvalue weighted by Gasteiger charge is 2.38. The molecular formula is C19H18O2. The molecule has 0 atom stereocenters. The number of rotatable bonds is 0. The molecule has 2 nitrogen and oxygen atoms in total. The molecule has 1 aliphatic rings. The third-order valence-electron chi connectivity index (χ3n) is 4.11. The first-order valence-electron chi connectivity index (χ1n) is 7.18. The van der Waals surface area contributed by atoms with Gasteiger partial charge in [0.15, 0.2) is 0 Å². The average molecular weight is 278 g/mol. The average Bonchev–Trinajstić information content (AvgIpc) is 2.54. The zero-order valence-electron chi connectivity index (χ0n) is 12.5. The summed E-state index contributed by atoms with van der Waals surface area (Å²) in [6.07, 6.45) is 0. The summed E-state index contributed by atoms with van der Waals surface area (Å²) in [5, 5.41) is 0. The fourth-order valence-corrected chi connectivity index (χ4v) is 3.26. The highest BCUT2D eigenvalue weighted by atomic mass is 16.2. The summed E-state index contributed by atoms with van der Waals surface area (Å²) in [6, 6.07) is 15.0. The van der Waals surface area contributed by atoms with Crippen LogP contribution in [0.25, 0.3) is 0 Å². The minimum absolute atomic E-state index is 0.0281. The van der Waals surface area contributed by atoms with Crippen molar-refractivity contribution in [2.24, 2.45) is 5.41 Å². The van der Waals surface area contributed by atoms with E-state index in [0.717, 1.165) is 11.1 Å². The number of hydrogen-bond donors (Lipinski definition) is 0. The van der Waals surface area contributed by atoms with Gasteiger partial charge in [0, 0.05) is 17.0 Å². The van der Waals surface area contributed by atoms with E-state index in [9.17, 15) is 9.59 Å². The van der Waals surface area contributed by atoms with Crippen LogP contribution >= 0.6 is 0 Å². The SMILES string of the molecule is CC(C)(C)C1c2ccccc2C(=O)C(=O)c2ccccc21. The predicted molar refractivity (Wildman–Crippen MR) is 82.8 cm³/mol. The number of benzene rings is 2. The fourth-order valence-electron chi connectivity index (χ4n) is 3.26. The molecule has 3 rings (SSSR count). The van der Waals surface area contributed by atoms with Crippen molar-refractivity contribution >= 4 is 11.6 Å². The van der Waals surface area contributed by atoms with Crippen LogP contribution < -0.4 is 0 Å². The maximum absolute atomic E-state index is 12.5. The monoisotopic (exact) mass is 278 g/mol. The maximum Gasteiger partial charge on any atom is 0.233 e. The van der Waals surface area contributed by atoms with Crippen LogP contribution in [-0.2, 0) is 0 Å². The van der Waals surface area contributed by atoms with E-state index >= 15 is 0 Å². The van der Waals surface area contributed by atoms with Gasteiger partial charge in [-0.05, 0) is 16.5 Å². The zero-order valence-corrected chi connectivity index (χ0v) is 12.5. The van der Waals surface area contributed by atoms with Gasteiger partial charge in [-0.15, -0.1) is 0 Å². The van der Waals surface area contributed by atoms with E-state index in [1.807, 2.05) is 36.4 Å². The first-order chi connectivity index (χ1) is 9.91. The summed E-state index contributed by atoms with van der Waals surface area (Å²) in [5.41, 5.74) is 2.90. The molecule has 2 aromatic rings. The van der Waals surface area contributed by atoms with E-state index in [4.69, 9.17) is 0 Å². The van der Waals surface area contributed by atoms with Gasteiger partial charge in [0.1, 0.15) is 0 Å². The first-order valence-corrected chi connectivity index (χ1v) is 7.18. The van der Waals surface area contributed by atoms with E-state index in [1.54, 1.807) is 12.1 Å². The molecule has 1 aliphatic carbocycles. The van der Waals surface area contributed by atoms with Crippen molar-refractivity contribution in [3.8, 4) is 0 Å². The molecule has 0 fully saturated rings. The van der Waals surface area contributed by atoms with Gasteiger partial charge in [-0.2, -0.15) is 0 Å². The third kappa shape index (κ3) is 2.11. The predicted octanol–water partition coefficient (Wildman–Crippen LogP) is 4.24. The lowest BCUT2D eigenvalue weighted by Gasteiger charge is -2.32. The van der Waals surface area contributed by atoms with Gasteiger partial charge in [0.25, 0.3) is 0 Å². The Morgan fingerprint density at radius 3 is 1.48 bits per heavy atom. The van der Waals surface area contributed by atoms with Crippen molar-refractivity contribution in [3.63, 3.8) is 0 Å².